The van der Waals surface area contributed by atoms with Gasteiger partial charge in [-0.15, -0.1) is 11.3 Å². The molecule has 1 saturated heterocycles. The molecule has 4 nitrogen and oxygen atoms in total. The topological polar surface area (TPSA) is 53.4 Å². The Bertz CT molecular complexity index is 745. The minimum Gasteiger partial charge on any atom is -0.392 e. The highest BCUT2D eigenvalue weighted by molar-refractivity contribution is 7.13. The average molecular weight is 356 g/mol. The summed E-state index contributed by atoms with van der Waals surface area (Å²) in [5.41, 5.74) is 1.89. The molecule has 25 heavy (non-hydrogen) atoms. The van der Waals surface area contributed by atoms with Crippen LogP contribution in [0.15, 0.2) is 35.7 Å². The summed E-state index contributed by atoms with van der Waals surface area (Å²) in [5, 5.41) is 13.3. The molecule has 1 aromatic carbocycles. The fourth-order valence-electron chi connectivity index (χ4n) is 4.34. The molecule has 2 aromatic rings. The highest BCUT2D eigenvalue weighted by Crippen LogP contribution is 2.45. The van der Waals surface area contributed by atoms with Gasteiger partial charge in [-0.05, 0) is 25.7 Å². The summed E-state index contributed by atoms with van der Waals surface area (Å²) in [6, 6.07) is 10.1. The van der Waals surface area contributed by atoms with Crippen molar-refractivity contribution in [2.75, 3.05) is 13.1 Å². The van der Waals surface area contributed by atoms with E-state index in [4.69, 9.17) is 0 Å². The molecule has 4 rings (SSSR count). The zero-order valence-corrected chi connectivity index (χ0v) is 15.2. The quantitative estimate of drug-likeness (QED) is 0.916. The van der Waals surface area contributed by atoms with Crippen molar-refractivity contribution in [2.24, 2.45) is 5.41 Å². The third kappa shape index (κ3) is 3.35. The first-order valence-electron chi connectivity index (χ1n) is 9.12. The standard InChI is InChI=1S/C20H24N2O2S/c23-17-8-4-9-20(17)10-5-11-22(14-20)18(24)12-16-13-25-19(21-16)15-6-2-1-3-7-15/h1-3,6-7,13,17,23H,4-5,8-12,14H2/t17-,20+/m1/s1. The Kier molecular flexibility index (Phi) is 4.61. The van der Waals surface area contributed by atoms with Crippen LogP contribution in [0.1, 0.15) is 37.8 Å². The van der Waals surface area contributed by atoms with E-state index < -0.39 is 0 Å². The number of carbonyl (C=O) groups excluding carboxylic acids is 1. The highest BCUT2D eigenvalue weighted by atomic mass is 32.1. The second kappa shape index (κ2) is 6.89. The molecule has 132 valence electrons. The van der Waals surface area contributed by atoms with Gasteiger partial charge in [0, 0.05) is 29.4 Å². The summed E-state index contributed by atoms with van der Waals surface area (Å²) < 4.78 is 0. The number of rotatable bonds is 3. The molecule has 1 N–H and O–H groups in total. The predicted octanol–water partition coefficient (Wildman–Crippen LogP) is 3.51. The van der Waals surface area contributed by atoms with Crippen LogP contribution >= 0.6 is 11.3 Å². The minimum absolute atomic E-state index is 0.0504. The normalized spacial score (nSPS) is 26.3. The first-order valence-corrected chi connectivity index (χ1v) is 10.00. The number of piperidine rings is 1. The van der Waals surface area contributed by atoms with Gasteiger partial charge in [-0.1, -0.05) is 36.8 Å². The molecule has 2 aliphatic rings. The number of aliphatic hydroxyl groups is 1. The smallest absolute Gasteiger partial charge is 0.228 e. The maximum Gasteiger partial charge on any atom is 0.228 e. The van der Waals surface area contributed by atoms with E-state index in [9.17, 15) is 9.90 Å². The Morgan fingerprint density at radius 2 is 2.08 bits per heavy atom. The Morgan fingerprint density at radius 3 is 2.84 bits per heavy atom. The van der Waals surface area contributed by atoms with Gasteiger partial charge in [-0.25, -0.2) is 4.98 Å². The van der Waals surface area contributed by atoms with Crippen LogP contribution in [0.5, 0.6) is 0 Å². The van der Waals surface area contributed by atoms with Crippen molar-refractivity contribution in [3.63, 3.8) is 0 Å². The first kappa shape index (κ1) is 16.7. The lowest BCUT2D eigenvalue weighted by atomic mass is 9.76. The zero-order valence-electron chi connectivity index (χ0n) is 14.4. The van der Waals surface area contributed by atoms with Gasteiger partial charge in [0.05, 0.1) is 18.2 Å². The lowest BCUT2D eigenvalue weighted by Crippen LogP contribution is -2.49. The van der Waals surface area contributed by atoms with Crippen molar-refractivity contribution in [3.05, 3.63) is 41.4 Å². The summed E-state index contributed by atoms with van der Waals surface area (Å²) in [7, 11) is 0. The van der Waals surface area contributed by atoms with Gasteiger partial charge in [0.2, 0.25) is 5.91 Å². The third-order valence-electron chi connectivity index (χ3n) is 5.73. The van der Waals surface area contributed by atoms with Gasteiger partial charge in [-0.2, -0.15) is 0 Å². The molecule has 1 aliphatic carbocycles. The van der Waals surface area contributed by atoms with Crippen LogP contribution in [-0.4, -0.2) is 40.1 Å². The van der Waals surface area contributed by atoms with Crippen molar-refractivity contribution < 1.29 is 9.90 Å². The number of hydrogen-bond acceptors (Lipinski definition) is 4. The molecule has 5 heteroatoms. The number of hydrogen-bond donors (Lipinski definition) is 1. The van der Waals surface area contributed by atoms with E-state index in [1.807, 2.05) is 40.6 Å². The van der Waals surface area contributed by atoms with E-state index >= 15 is 0 Å². The number of likely N-dealkylation sites (tertiary alicyclic amines) is 1. The van der Waals surface area contributed by atoms with E-state index in [0.29, 0.717) is 13.0 Å². The van der Waals surface area contributed by atoms with E-state index in [2.05, 4.69) is 4.98 Å². The first-order chi connectivity index (χ1) is 12.2. The van der Waals surface area contributed by atoms with Gasteiger partial charge in [0.1, 0.15) is 5.01 Å². The summed E-state index contributed by atoms with van der Waals surface area (Å²) in [6.45, 7) is 1.52. The molecule has 1 spiro atoms. The lowest BCUT2D eigenvalue weighted by molar-refractivity contribution is -0.135. The molecule has 2 atom stereocenters. The summed E-state index contributed by atoms with van der Waals surface area (Å²) in [6.07, 6.45) is 5.17. The number of amides is 1. The fraction of sp³-hybridized carbons (Fsp3) is 0.500. The van der Waals surface area contributed by atoms with Crippen LogP contribution in [0.25, 0.3) is 10.6 Å². The number of nitrogens with zero attached hydrogens (tertiary/aromatic N) is 2. The van der Waals surface area contributed by atoms with Crippen molar-refractivity contribution >= 4 is 17.2 Å². The Labute approximate surface area is 152 Å². The van der Waals surface area contributed by atoms with Crippen LogP contribution in [0.4, 0.5) is 0 Å². The molecule has 1 aliphatic heterocycles. The van der Waals surface area contributed by atoms with Crippen LogP contribution in [0.3, 0.4) is 0 Å². The van der Waals surface area contributed by atoms with E-state index in [1.54, 1.807) is 11.3 Å². The molecular weight excluding hydrogens is 332 g/mol. The zero-order chi connectivity index (χ0) is 17.3. The third-order valence-corrected chi connectivity index (χ3v) is 6.67. The molecular formula is C20H24N2O2S. The second-order valence-electron chi connectivity index (χ2n) is 7.38. The summed E-state index contributed by atoms with van der Waals surface area (Å²) in [4.78, 5) is 19.4. The van der Waals surface area contributed by atoms with Gasteiger partial charge in [-0.3, -0.25) is 4.79 Å². The number of thiazole rings is 1. The van der Waals surface area contributed by atoms with Crippen LogP contribution in [-0.2, 0) is 11.2 Å². The molecule has 0 unspecified atom stereocenters. The van der Waals surface area contributed by atoms with Crippen molar-refractivity contribution in [2.45, 2.75) is 44.6 Å². The predicted molar refractivity (Wildman–Crippen MR) is 99.4 cm³/mol. The molecule has 0 radical (unpaired) electrons. The molecule has 1 saturated carbocycles. The number of aromatic nitrogens is 1. The summed E-state index contributed by atoms with van der Waals surface area (Å²) >= 11 is 1.59. The van der Waals surface area contributed by atoms with Crippen LogP contribution in [0.2, 0.25) is 0 Å². The van der Waals surface area contributed by atoms with Gasteiger partial charge in [0.25, 0.3) is 0 Å². The maximum atomic E-state index is 12.8. The monoisotopic (exact) mass is 356 g/mol. The van der Waals surface area contributed by atoms with Crippen molar-refractivity contribution in [3.8, 4) is 10.6 Å². The van der Waals surface area contributed by atoms with Crippen LogP contribution in [0, 0.1) is 5.41 Å². The second-order valence-corrected chi connectivity index (χ2v) is 8.23. The lowest BCUT2D eigenvalue weighted by Gasteiger charge is -2.42. The fourth-order valence-corrected chi connectivity index (χ4v) is 5.16. The van der Waals surface area contributed by atoms with E-state index in [1.165, 1.54) is 0 Å². The van der Waals surface area contributed by atoms with Crippen LogP contribution < -0.4 is 0 Å². The maximum absolute atomic E-state index is 12.8. The molecule has 1 amide bonds. The molecule has 2 fully saturated rings. The van der Waals surface area contributed by atoms with Crippen molar-refractivity contribution in [1.82, 2.24) is 9.88 Å². The largest absolute Gasteiger partial charge is 0.392 e. The minimum atomic E-state index is -0.243. The van der Waals surface area contributed by atoms with Gasteiger partial charge in [0.15, 0.2) is 0 Å². The van der Waals surface area contributed by atoms with E-state index in [0.717, 1.165) is 54.9 Å². The average Bonchev–Trinajstić information content (AvgIpc) is 3.24. The molecule has 1 aromatic heterocycles. The van der Waals surface area contributed by atoms with Gasteiger partial charge < -0.3 is 10.0 Å². The molecule has 2 heterocycles. The van der Waals surface area contributed by atoms with E-state index in [-0.39, 0.29) is 17.4 Å². The Hall–Kier alpha value is -1.72. The SMILES string of the molecule is O=C(Cc1csc(-c2ccccc2)n1)N1CCC[C@@]2(CCC[C@H]2O)C1. The number of benzene rings is 1. The van der Waals surface area contributed by atoms with Crippen molar-refractivity contribution in [1.29, 1.82) is 0 Å². The molecule has 0 bridgehead atoms. The Balaban J connectivity index is 1.43. The summed E-state index contributed by atoms with van der Waals surface area (Å²) in [5.74, 6) is 0.142. The van der Waals surface area contributed by atoms with Gasteiger partial charge >= 0.3 is 0 Å². The number of carbonyl (C=O) groups is 1. The highest BCUT2D eigenvalue weighted by Gasteiger charge is 2.45. The Morgan fingerprint density at radius 1 is 1.28 bits per heavy atom. The number of aliphatic hydroxyl groups excluding tert-OH is 1.